The van der Waals surface area contributed by atoms with Gasteiger partial charge in [0.1, 0.15) is 17.7 Å². The number of thioether (sulfide) groups is 1. The molecule has 0 spiro atoms. The van der Waals surface area contributed by atoms with Crippen LogP contribution < -0.4 is 10.6 Å². The summed E-state index contributed by atoms with van der Waals surface area (Å²) in [6.07, 6.45) is 3.26. The van der Waals surface area contributed by atoms with Crippen molar-refractivity contribution in [2.24, 2.45) is 0 Å². The first-order valence-corrected chi connectivity index (χ1v) is 16.0. The second-order valence-electron chi connectivity index (χ2n) is 11.6. The van der Waals surface area contributed by atoms with E-state index in [2.05, 4.69) is 17.6 Å². The van der Waals surface area contributed by atoms with Crippen LogP contribution in [0.1, 0.15) is 69.7 Å². The van der Waals surface area contributed by atoms with E-state index >= 15 is 0 Å². The Morgan fingerprint density at radius 2 is 1.62 bits per heavy atom. The standard InChI is InChI=1S/C34H45N3O4S/c1-8-9-20-37(32(39)28(19-21-42-7)36-33(40)41-34(4,5)6)30(29-23(2)13-12-14-24(29)3)31(38)35-27-18-17-25-15-10-11-16-26(25)22-27/h10-18,22,28,30H,8-9,19-21H2,1-7H3,(H,35,38)(H,36,40). The van der Waals surface area contributed by atoms with Crippen molar-refractivity contribution >= 4 is 46.1 Å². The van der Waals surface area contributed by atoms with Gasteiger partial charge in [-0.15, -0.1) is 0 Å². The minimum atomic E-state index is -0.895. The third-order valence-electron chi connectivity index (χ3n) is 7.03. The van der Waals surface area contributed by atoms with Gasteiger partial charge < -0.3 is 20.3 Å². The zero-order chi connectivity index (χ0) is 30.9. The highest BCUT2D eigenvalue weighted by atomic mass is 32.2. The van der Waals surface area contributed by atoms with Gasteiger partial charge in [0.15, 0.2) is 0 Å². The summed E-state index contributed by atoms with van der Waals surface area (Å²) in [5, 5.41) is 8.00. The van der Waals surface area contributed by atoms with Gasteiger partial charge in [-0.1, -0.05) is 61.9 Å². The number of benzene rings is 3. The normalized spacial score (nSPS) is 12.8. The number of nitrogens with zero attached hydrogens (tertiary/aromatic N) is 1. The SMILES string of the molecule is CCCCN(C(=O)C(CCSC)NC(=O)OC(C)(C)C)C(C(=O)Nc1ccc2ccccc2c1)c1c(C)cccc1C. The van der Waals surface area contributed by atoms with Crippen molar-refractivity contribution in [1.29, 1.82) is 0 Å². The number of carbonyl (C=O) groups excluding carboxylic acids is 3. The van der Waals surface area contributed by atoms with Crippen molar-refractivity contribution in [3.8, 4) is 0 Å². The number of ether oxygens (including phenoxy) is 1. The third-order valence-corrected chi connectivity index (χ3v) is 7.67. The van der Waals surface area contributed by atoms with E-state index in [1.54, 1.807) is 37.4 Å². The van der Waals surface area contributed by atoms with Crippen LogP contribution in [0.25, 0.3) is 10.8 Å². The Kier molecular flexibility index (Phi) is 11.9. The minimum Gasteiger partial charge on any atom is -0.444 e. The van der Waals surface area contributed by atoms with E-state index < -0.39 is 23.8 Å². The molecule has 0 aliphatic rings. The molecule has 3 aromatic rings. The van der Waals surface area contributed by atoms with Crippen LogP contribution in [0.4, 0.5) is 10.5 Å². The predicted octanol–water partition coefficient (Wildman–Crippen LogP) is 7.41. The fraction of sp³-hybridized carbons (Fsp3) is 0.441. The molecule has 0 aliphatic carbocycles. The molecule has 3 amide bonds. The molecule has 2 unspecified atom stereocenters. The molecule has 0 bridgehead atoms. The van der Waals surface area contributed by atoms with Crippen LogP contribution in [0.5, 0.6) is 0 Å². The van der Waals surface area contributed by atoms with Crippen LogP contribution in [0.2, 0.25) is 0 Å². The van der Waals surface area contributed by atoms with Crippen molar-refractivity contribution in [3.05, 3.63) is 77.4 Å². The number of unbranched alkanes of at least 4 members (excludes halogenated alkanes) is 1. The summed E-state index contributed by atoms with van der Waals surface area (Å²) in [7, 11) is 0. The van der Waals surface area contributed by atoms with E-state index in [-0.39, 0.29) is 11.8 Å². The highest BCUT2D eigenvalue weighted by Gasteiger charge is 2.37. The molecule has 0 saturated heterocycles. The number of aryl methyl sites for hydroxylation is 2. The molecule has 0 aliphatic heterocycles. The van der Waals surface area contributed by atoms with Crippen LogP contribution in [-0.4, -0.2) is 53.0 Å². The third kappa shape index (κ3) is 8.99. The number of carbonyl (C=O) groups is 3. The van der Waals surface area contributed by atoms with Crippen LogP contribution in [-0.2, 0) is 14.3 Å². The maximum absolute atomic E-state index is 14.4. The number of nitrogens with one attached hydrogen (secondary N) is 2. The maximum atomic E-state index is 14.4. The molecular formula is C34H45N3O4S. The van der Waals surface area contributed by atoms with Crippen molar-refractivity contribution < 1.29 is 19.1 Å². The molecule has 0 saturated carbocycles. The van der Waals surface area contributed by atoms with E-state index in [9.17, 15) is 14.4 Å². The smallest absolute Gasteiger partial charge is 0.408 e. The van der Waals surface area contributed by atoms with Crippen molar-refractivity contribution in [3.63, 3.8) is 0 Å². The first-order valence-electron chi connectivity index (χ1n) is 14.6. The average molecular weight is 592 g/mol. The van der Waals surface area contributed by atoms with E-state index in [0.717, 1.165) is 33.9 Å². The van der Waals surface area contributed by atoms with Gasteiger partial charge in [0.05, 0.1) is 0 Å². The largest absolute Gasteiger partial charge is 0.444 e. The Hall–Kier alpha value is -3.52. The molecular weight excluding hydrogens is 546 g/mol. The number of hydrogen-bond acceptors (Lipinski definition) is 5. The summed E-state index contributed by atoms with van der Waals surface area (Å²) in [6, 6.07) is 17.9. The van der Waals surface area contributed by atoms with Gasteiger partial charge in [0.2, 0.25) is 5.91 Å². The Labute approximate surface area is 254 Å². The Balaban J connectivity index is 2.06. The van der Waals surface area contributed by atoms with Crippen LogP contribution in [0, 0.1) is 13.8 Å². The van der Waals surface area contributed by atoms with Crippen molar-refractivity contribution in [1.82, 2.24) is 10.2 Å². The van der Waals surface area contributed by atoms with E-state index in [1.807, 2.05) is 80.8 Å². The van der Waals surface area contributed by atoms with Gasteiger partial charge >= 0.3 is 6.09 Å². The maximum Gasteiger partial charge on any atom is 0.408 e. The second kappa shape index (κ2) is 15.1. The lowest BCUT2D eigenvalue weighted by Gasteiger charge is -2.36. The number of fused-ring (bicyclic) bond motifs is 1. The summed E-state index contributed by atoms with van der Waals surface area (Å²) >= 11 is 1.59. The first-order chi connectivity index (χ1) is 19.9. The zero-order valence-corrected chi connectivity index (χ0v) is 26.8. The number of amides is 3. The van der Waals surface area contributed by atoms with Crippen molar-refractivity contribution in [2.45, 2.75) is 78.5 Å². The molecule has 2 atom stereocenters. The summed E-state index contributed by atoms with van der Waals surface area (Å²) in [4.78, 5) is 43.1. The topological polar surface area (TPSA) is 87.7 Å². The van der Waals surface area contributed by atoms with Crippen LogP contribution in [0.3, 0.4) is 0 Å². The molecule has 2 N–H and O–H groups in total. The van der Waals surface area contributed by atoms with Gasteiger partial charge in [-0.05, 0) is 99.1 Å². The highest BCUT2D eigenvalue weighted by Crippen LogP contribution is 2.31. The fourth-order valence-electron chi connectivity index (χ4n) is 5.00. The molecule has 3 rings (SSSR count). The Morgan fingerprint density at radius 1 is 0.952 bits per heavy atom. The molecule has 8 heteroatoms. The highest BCUT2D eigenvalue weighted by molar-refractivity contribution is 7.98. The molecule has 7 nitrogen and oxygen atoms in total. The summed E-state index contributed by atoms with van der Waals surface area (Å²) < 4.78 is 5.50. The number of alkyl carbamates (subject to hydrolysis) is 1. The summed E-state index contributed by atoms with van der Waals surface area (Å²) in [6.45, 7) is 11.7. The van der Waals surface area contributed by atoms with Gasteiger partial charge in [-0.3, -0.25) is 9.59 Å². The Morgan fingerprint density at radius 3 is 2.24 bits per heavy atom. The fourth-order valence-corrected chi connectivity index (χ4v) is 5.47. The van der Waals surface area contributed by atoms with Gasteiger partial charge in [-0.2, -0.15) is 11.8 Å². The zero-order valence-electron chi connectivity index (χ0n) is 26.0. The monoisotopic (exact) mass is 591 g/mol. The predicted molar refractivity (Wildman–Crippen MR) is 174 cm³/mol. The Bertz CT molecular complexity index is 1360. The van der Waals surface area contributed by atoms with E-state index in [0.29, 0.717) is 30.8 Å². The first kappa shape index (κ1) is 33.0. The van der Waals surface area contributed by atoms with E-state index in [4.69, 9.17) is 4.74 Å². The van der Waals surface area contributed by atoms with Crippen LogP contribution in [0.15, 0.2) is 60.7 Å². The number of rotatable bonds is 12. The lowest BCUT2D eigenvalue weighted by molar-refractivity contribution is -0.141. The molecule has 0 heterocycles. The number of anilines is 1. The summed E-state index contributed by atoms with van der Waals surface area (Å²) in [5.74, 6) is 0.0585. The molecule has 3 aromatic carbocycles. The molecule has 42 heavy (non-hydrogen) atoms. The van der Waals surface area contributed by atoms with Crippen molar-refractivity contribution in [2.75, 3.05) is 23.9 Å². The molecule has 0 fully saturated rings. The van der Waals surface area contributed by atoms with Crippen LogP contribution >= 0.6 is 11.8 Å². The van der Waals surface area contributed by atoms with Gasteiger partial charge in [0.25, 0.3) is 5.91 Å². The molecule has 0 aromatic heterocycles. The second-order valence-corrected chi connectivity index (χ2v) is 12.6. The lowest BCUT2D eigenvalue weighted by atomic mass is 9.93. The lowest BCUT2D eigenvalue weighted by Crippen LogP contribution is -2.53. The summed E-state index contributed by atoms with van der Waals surface area (Å²) in [5.41, 5.74) is 2.58. The quantitative estimate of drug-likeness (QED) is 0.229. The molecule has 0 radical (unpaired) electrons. The van der Waals surface area contributed by atoms with Gasteiger partial charge in [0, 0.05) is 12.2 Å². The minimum absolute atomic E-state index is 0.298. The average Bonchev–Trinajstić information content (AvgIpc) is 2.93. The van der Waals surface area contributed by atoms with E-state index in [1.165, 1.54) is 0 Å². The number of hydrogen-bond donors (Lipinski definition) is 2. The molecule has 226 valence electrons. The van der Waals surface area contributed by atoms with Gasteiger partial charge in [-0.25, -0.2) is 4.79 Å².